The molecular formula is C39H30N8O15S5. The highest BCUT2D eigenvalue weighted by molar-refractivity contribution is 7.87. The Morgan fingerprint density at radius 2 is 0.925 bits per heavy atom. The molecule has 7 rings (SSSR count). The van der Waals surface area contributed by atoms with Gasteiger partial charge in [-0.2, -0.15) is 55.7 Å². The summed E-state index contributed by atoms with van der Waals surface area (Å²) in [7, 11) is -20.3. The van der Waals surface area contributed by atoms with Gasteiger partial charge >= 0.3 is 21.2 Å². The van der Waals surface area contributed by atoms with Crippen LogP contribution in [0, 0.1) is 0 Å². The Morgan fingerprint density at radius 3 is 1.40 bits per heavy atom. The van der Waals surface area contributed by atoms with Crippen LogP contribution in [0.5, 0.6) is 0 Å². The molecule has 1 heterocycles. The molecule has 0 saturated carbocycles. The minimum Gasteiger partial charge on any atom is -0.324 e. The van der Waals surface area contributed by atoms with Crippen molar-refractivity contribution < 1.29 is 64.2 Å². The fourth-order valence-corrected chi connectivity index (χ4v) is 7.58. The van der Waals surface area contributed by atoms with Gasteiger partial charge in [-0.1, -0.05) is 54.6 Å². The van der Waals surface area contributed by atoms with Gasteiger partial charge in [0.15, 0.2) is 0 Å². The first-order chi connectivity index (χ1) is 31.5. The molecule has 0 bridgehead atoms. The van der Waals surface area contributed by atoms with Crippen LogP contribution in [0.2, 0.25) is 0 Å². The van der Waals surface area contributed by atoms with Gasteiger partial charge in [0.05, 0.1) is 32.5 Å². The van der Waals surface area contributed by atoms with Crippen LogP contribution in [0.15, 0.2) is 169 Å². The van der Waals surface area contributed by atoms with Crippen LogP contribution in [0.25, 0.3) is 10.8 Å². The zero-order chi connectivity index (χ0) is 48.9. The first-order valence-corrected chi connectivity index (χ1v) is 24.5. The number of benzene rings is 6. The average Bonchev–Trinajstić information content (AvgIpc) is 3.24. The minimum atomic E-state index is -4.89. The van der Waals surface area contributed by atoms with E-state index < -0.39 is 61.4 Å². The molecule has 0 amide bonds. The van der Waals surface area contributed by atoms with Crippen molar-refractivity contribution in [3.8, 4) is 0 Å². The topological polar surface area (TPSA) is 366 Å². The summed E-state index contributed by atoms with van der Waals surface area (Å²) in [6.07, 6.45) is 0.563. The molecule has 0 fully saturated rings. The fourth-order valence-electron chi connectivity index (χ4n) is 5.71. The number of fused-ring (bicyclic) bond motifs is 1. The molecule has 0 aliphatic carbocycles. The van der Waals surface area contributed by atoms with Crippen LogP contribution in [-0.4, -0.2) is 79.1 Å². The summed E-state index contributed by atoms with van der Waals surface area (Å²) in [6.45, 7) is 0. The second kappa shape index (κ2) is 22.2. The van der Waals surface area contributed by atoms with Gasteiger partial charge in [-0.25, -0.2) is 4.98 Å². The lowest BCUT2D eigenvalue weighted by molar-refractivity contribution is 0.479. The Bertz CT molecular complexity index is 3550. The van der Waals surface area contributed by atoms with Crippen LogP contribution >= 0.6 is 0 Å². The van der Waals surface area contributed by atoms with Gasteiger partial charge in [-0.05, 0) is 95.4 Å². The Labute approximate surface area is 383 Å². The van der Waals surface area contributed by atoms with Gasteiger partial charge in [0.25, 0.3) is 30.4 Å². The molecule has 0 saturated heterocycles. The highest BCUT2D eigenvalue weighted by Gasteiger charge is 2.21. The number of hydrogen-bond donors (Lipinski definition) is 4. The predicted molar refractivity (Wildman–Crippen MR) is 236 cm³/mol. The van der Waals surface area contributed by atoms with E-state index in [2.05, 4.69) is 35.7 Å². The lowest BCUT2D eigenvalue weighted by Crippen LogP contribution is -2.09. The second-order valence-corrected chi connectivity index (χ2v) is 18.3. The minimum absolute atomic E-state index is 0.0364. The molecule has 346 valence electrons. The maximum Gasteiger partial charge on any atom is 0.425 e. The van der Waals surface area contributed by atoms with Crippen molar-refractivity contribution in [2.24, 2.45) is 20.5 Å². The summed E-state index contributed by atoms with van der Waals surface area (Å²) < 4.78 is 150. The van der Waals surface area contributed by atoms with Crippen molar-refractivity contribution >= 4 is 96.7 Å². The van der Waals surface area contributed by atoms with E-state index in [1.165, 1.54) is 36.4 Å². The van der Waals surface area contributed by atoms with E-state index in [4.69, 9.17) is 30.2 Å². The van der Waals surface area contributed by atoms with E-state index in [0.717, 1.165) is 22.9 Å². The number of nitrogens with zero attached hydrogens (tertiary/aromatic N) is 7. The Balaban J connectivity index is 0.000000973. The molecule has 0 spiro atoms. The quantitative estimate of drug-likeness (QED) is 0.0706. The van der Waals surface area contributed by atoms with Crippen LogP contribution in [-0.2, 0) is 64.4 Å². The molecule has 0 atom stereocenters. The molecule has 0 aliphatic rings. The highest BCUT2D eigenvalue weighted by Crippen LogP contribution is 2.31. The number of anilines is 2. The normalized spacial score (nSPS) is 11.6. The maximum atomic E-state index is 12.1. The van der Waals surface area contributed by atoms with E-state index in [1.807, 2.05) is 54.6 Å². The van der Waals surface area contributed by atoms with E-state index >= 15 is 0 Å². The van der Waals surface area contributed by atoms with E-state index in [0.29, 0.717) is 41.2 Å². The summed E-state index contributed by atoms with van der Waals surface area (Å²) in [5, 5.41) is 20.0. The first kappa shape index (κ1) is 50.6. The SMILES string of the molecule is O=S(=O)(O)c1cccc(Nc2nc(Cc3ccc(N=Nc4ccccc4)cc3)nc(Cc3ccc(N=Nc4ccc5cc(S(=O)(=O)O)cc(S(=O)(=O)O)c5c4)cc3)n2)c1.O=S(=O)=O.O=S(=O)=O. The molecule has 4 N–H and O–H groups in total. The molecular weight excluding hydrogens is 981 g/mol. The van der Waals surface area contributed by atoms with Gasteiger partial charge in [0.1, 0.15) is 16.5 Å². The van der Waals surface area contributed by atoms with Gasteiger partial charge in [-0.15, -0.1) is 25.3 Å². The zero-order valence-electron chi connectivity index (χ0n) is 33.5. The van der Waals surface area contributed by atoms with Crippen LogP contribution < -0.4 is 5.32 Å². The second-order valence-electron chi connectivity index (χ2n) is 13.2. The van der Waals surface area contributed by atoms with Gasteiger partial charge in [0, 0.05) is 23.9 Å². The van der Waals surface area contributed by atoms with Gasteiger partial charge in [-0.3, -0.25) is 13.7 Å². The van der Waals surface area contributed by atoms with Crippen molar-refractivity contribution in [1.82, 2.24) is 15.0 Å². The lowest BCUT2D eigenvalue weighted by atomic mass is 10.1. The van der Waals surface area contributed by atoms with Crippen LogP contribution in [0.4, 0.5) is 34.4 Å². The summed E-state index contributed by atoms with van der Waals surface area (Å²) in [5.41, 5.74) is 3.96. The molecule has 0 radical (unpaired) electrons. The molecule has 0 unspecified atom stereocenters. The largest absolute Gasteiger partial charge is 0.425 e. The van der Waals surface area contributed by atoms with Crippen molar-refractivity contribution in [2.75, 3.05) is 5.32 Å². The number of aromatic nitrogens is 3. The summed E-state index contributed by atoms with van der Waals surface area (Å²) >= 11 is 0. The van der Waals surface area contributed by atoms with Crippen LogP contribution in [0.1, 0.15) is 22.8 Å². The number of azo groups is 2. The average molecular weight is 1010 g/mol. The number of rotatable bonds is 13. The Morgan fingerprint density at radius 1 is 0.463 bits per heavy atom. The summed E-state index contributed by atoms with van der Waals surface area (Å²) in [4.78, 5) is 12.1. The third kappa shape index (κ3) is 16.2. The highest BCUT2D eigenvalue weighted by atomic mass is 32.2. The summed E-state index contributed by atoms with van der Waals surface area (Å²) in [6, 6.07) is 35.1. The van der Waals surface area contributed by atoms with Crippen LogP contribution in [0.3, 0.4) is 0 Å². The van der Waals surface area contributed by atoms with Crippen molar-refractivity contribution in [3.05, 3.63) is 156 Å². The summed E-state index contributed by atoms with van der Waals surface area (Å²) in [5.74, 6) is 0.932. The monoisotopic (exact) mass is 1010 g/mol. The van der Waals surface area contributed by atoms with E-state index in [-0.39, 0.29) is 33.7 Å². The maximum absolute atomic E-state index is 12.1. The predicted octanol–water partition coefficient (Wildman–Crippen LogP) is 6.51. The van der Waals surface area contributed by atoms with E-state index in [1.54, 1.807) is 30.3 Å². The third-order valence-electron chi connectivity index (χ3n) is 8.48. The Hall–Kier alpha value is -7.44. The van der Waals surface area contributed by atoms with Crippen molar-refractivity contribution in [1.29, 1.82) is 0 Å². The number of hydrogen-bond acceptors (Lipinski definition) is 20. The Kier molecular flexibility index (Phi) is 16.7. The molecule has 0 aliphatic heterocycles. The number of nitrogens with one attached hydrogen (secondary N) is 1. The fraction of sp³-hybridized carbons (Fsp3) is 0.0513. The zero-order valence-corrected chi connectivity index (χ0v) is 37.6. The molecule has 67 heavy (non-hydrogen) atoms. The third-order valence-corrected chi connectivity index (χ3v) is 11.1. The van der Waals surface area contributed by atoms with E-state index in [9.17, 15) is 38.9 Å². The molecule has 23 nitrogen and oxygen atoms in total. The van der Waals surface area contributed by atoms with Crippen molar-refractivity contribution in [3.63, 3.8) is 0 Å². The van der Waals surface area contributed by atoms with Gasteiger partial charge in [0.2, 0.25) is 5.95 Å². The molecule has 7 aromatic rings. The molecule has 6 aromatic carbocycles. The standard InChI is InChI=1S/C39H30N8O9S3.2O3S/c48-57(49,50)33-8-4-7-31(22-33)40-39-42-37(19-25-9-14-29(15-10-25)45-44-28-5-2-1-3-6-28)41-38(43-39)20-26-11-16-30(17-12-26)46-47-32-18-13-27-21-34(58(51,52)53)24-36(35(27)23-32)59(54,55)56;2*1-4(2)3/h1-18,21-24H,19-20H2,(H,48,49,50)(H,51,52,53)(H,54,55,56)(H,40,41,42,43);;. The van der Waals surface area contributed by atoms with Crippen molar-refractivity contribution in [2.45, 2.75) is 27.5 Å². The lowest BCUT2D eigenvalue weighted by Gasteiger charge is -2.10. The molecule has 28 heteroatoms. The smallest absolute Gasteiger partial charge is 0.324 e. The first-order valence-electron chi connectivity index (χ1n) is 18.2. The van der Waals surface area contributed by atoms with Gasteiger partial charge < -0.3 is 5.32 Å². The molecule has 1 aromatic heterocycles.